The number of aromatic nitrogens is 3. The molecule has 2 aromatic rings. The molecule has 0 N–H and O–H groups in total. The van der Waals surface area contributed by atoms with Gasteiger partial charge in [-0.3, -0.25) is 4.98 Å². The number of halogens is 1. The van der Waals surface area contributed by atoms with Gasteiger partial charge in [0.1, 0.15) is 11.3 Å². The van der Waals surface area contributed by atoms with E-state index in [0.29, 0.717) is 10.6 Å². The Morgan fingerprint density at radius 3 is 2.85 bits per heavy atom. The van der Waals surface area contributed by atoms with Crippen LogP contribution in [0.5, 0.6) is 0 Å². The number of thioether (sulfide) groups is 1. The van der Waals surface area contributed by atoms with Gasteiger partial charge in [-0.05, 0) is 25.2 Å². The summed E-state index contributed by atoms with van der Waals surface area (Å²) in [5.41, 5.74) is 2.12. The third-order valence-electron chi connectivity index (χ3n) is 4.39. The molecule has 0 aliphatic heterocycles. The molecule has 2 aromatic heterocycles. The summed E-state index contributed by atoms with van der Waals surface area (Å²) in [7, 11) is 0. The highest BCUT2D eigenvalue weighted by molar-refractivity contribution is 8.00. The number of alkyl halides is 1. The van der Waals surface area contributed by atoms with Crippen LogP contribution in [0.15, 0.2) is 18.5 Å². The first-order valence-corrected chi connectivity index (χ1v) is 8.94. The summed E-state index contributed by atoms with van der Waals surface area (Å²) in [6.45, 7) is 1.01. The lowest BCUT2D eigenvalue weighted by molar-refractivity contribution is 0.359. The van der Waals surface area contributed by atoms with E-state index in [4.69, 9.17) is 11.6 Å². The summed E-state index contributed by atoms with van der Waals surface area (Å²) in [5.74, 6) is 1.42. The lowest BCUT2D eigenvalue weighted by Gasteiger charge is -2.36. The van der Waals surface area contributed by atoms with Crippen LogP contribution in [0.1, 0.15) is 37.9 Å². The molecule has 0 radical (unpaired) electrons. The monoisotopic (exact) mass is 309 g/mol. The third-order valence-corrected chi connectivity index (χ3v) is 6.04. The quantitative estimate of drug-likeness (QED) is 0.792. The van der Waals surface area contributed by atoms with Gasteiger partial charge in [0.15, 0.2) is 0 Å². The Morgan fingerprint density at radius 2 is 2.15 bits per heavy atom. The average molecular weight is 310 g/mol. The predicted octanol–water partition coefficient (Wildman–Crippen LogP) is 4.24. The molecule has 0 unspecified atom stereocenters. The van der Waals surface area contributed by atoms with E-state index >= 15 is 0 Å². The minimum atomic E-state index is 0.343. The van der Waals surface area contributed by atoms with Gasteiger partial charge in [0, 0.05) is 17.5 Å². The van der Waals surface area contributed by atoms with Crippen LogP contribution in [-0.2, 0) is 12.4 Å². The summed E-state index contributed by atoms with van der Waals surface area (Å²) in [5, 5.41) is 0. The van der Waals surface area contributed by atoms with Crippen LogP contribution in [0.3, 0.4) is 0 Å². The van der Waals surface area contributed by atoms with E-state index in [0.717, 1.165) is 23.4 Å². The van der Waals surface area contributed by atoms with E-state index in [1.807, 2.05) is 24.2 Å². The first-order chi connectivity index (χ1) is 9.78. The van der Waals surface area contributed by atoms with Crippen LogP contribution >= 0.6 is 23.4 Å². The fourth-order valence-corrected chi connectivity index (χ4v) is 4.38. The lowest BCUT2D eigenvalue weighted by Crippen LogP contribution is -2.33. The minimum absolute atomic E-state index is 0.343. The molecule has 0 aromatic carbocycles. The van der Waals surface area contributed by atoms with Crippen LogP contribution in [0.4, 0.5) is 0 Å². The van der Waals surface area contributed by atoms with Crippen molar-refractivity contribution >= 4 is 34.4 Å². The van der Waals surface area contributed by atoms with Crippen molar-refractivity contribution in [3.05, 3.63) is 24.3 Å². The summed E-state index contributed by atoms with van der Waals surface area (Å²) in [6.07, 6.45) is 12.5. The average Bonchev–Trinajstić information content (AvgIpc) is 2.86. The lowest BCUT2D eigenvalue weighted by atomic mass is 9.88. The number of rotatable bonds is 4. The third kappa shape index (κ3) is 2.56. The molecule has 5 heteroatoms. The Labute approximate surface area is 129 Å². The highest BCUT2D eigenvalue weighted by Crippen LogP contribution is 2.40. The minimum Gasteiger partial charge on any atom is -0.325 e. The zero-order chi connectivity index (χ0) is 14.0. The maximum atomic E-state index is 6.10. The van der Waals surface area contributed by atoms with Crippen molar-refractivity contribution in [1.29, 1.82) is 0 Å². The van der Waals surface area contributed by atoms with Crippen molar-refractivity contribution in [3.63, 3.8) is 0 Å². The second kappa shape index (κ2) is 5.94. The number of pyridine rings is 1. The van der Waals surface area contributed by atoms with Gasteiger partial charge in [-0.1, -0.05) is 19.3 Å². The van der Waals surface area contributed by atoms with Gasteiger partial charge >= 0.3 is 0 Å². The predicted molar refractivity (Wildman–Crippen MR) is 86.4 cm³/mol. The van der Waals surface area contributed by atoms with Gasteiger partial charge in [-0.2, -0.15) is 11.8 Å². The Kier molecular flexibility index (Phi) is 4.22. The summed E-state index contributed by atoms with van der Waals surface area (Å²) in [6, 6.07) is 2.05. The number of hydrogen-bond acceptors (Lipinski definition) is 3. The molecule has 0 atom stereocenters. The van der Waals surface area contributed by atoms with E-state index < -0.39 is 0 Å². The Morgan fingerprint density at radius 1 is 1.35 bits per heavy atom. The van der Waals surface area contributed by atoms with Crippen LogP contribution < -0.4 is 0 Å². The van der Waals surface area contributed by atoms with Crippen molar-refractivity contribution in [2.45, 2.75) is 49.3 Å². The van der Waals surface area contributed by atoms with Crippen molar-refractivity contribution in [1.82, 2.24) is 14.5 Å². The molecule has 0 bridgehead atoms. The summed E-state index contributed by atoms with van der Waals surface area (Å²) < 4.78 is 2.65. The fourth-order valence-electron chi connectivity index (χ4n) is 3.22. The molecular weight excluding hydrogens is 290 g/mol. The zero-order valence-corrected chi connectivity index (χ0v) is 13.4. The van der Waals surface area contributed by atoms with E-state index in [1.54, 1.807) is 0 Å². The first-order valence-electron chi connectivity index (χ1n) is 7.18. The highest BCUT2D eigenvalue weighted by Gasteiger charge is 2.32. The molecule has 0 amide bonds. The Bertz CT molecular complexity index is 590. The molecule has 1 aliphatic carbocycles. The van der Waals surface area contributed by atoms with E-state index in [9.17, 15) is 0 Å². The van der Waals surface area contributed by atoms with Gasteiger partial charge in [-0.15, -0.1) is 11.6 Å². The number of nitrogens with zero attached hydrogens (tertiary/aromatic N) is 3. The first kappa shape index (κ1) is 14.2. The van der Waals surface area contributed by atoms with Gasteiger partial charge < -0.3 is 4.57 Å². The second-order valence-corrected chi connectivity index (χ2v) is 7.10. The zero-order valence-electron chi connectivity index (χ0n) is 11.8. The molecule has 0 saturated heterocycles. The largest absolute Gasteiger partial charge is 0.325 e. The number of fused-ring (bicyclic) bond motifs is 1. The van der Waals surface area contributed by atoms with Crippen molar-refractivity contribution < 1.29 is 0 Å². The molecular formula is C15H20ClN3S. The molecule has 20 heavy (non-hydrogen) atoms. The molecule has 2 heterocycles. The van der Waals surface area contributed by atoms with Crippen molar-refractivity contribution in [2.24, 2.45) is 0 Å². The Hall–Kier alpha value is -0.740. The van der Waals surface area contributed by atoms with Crippen LogP contribution in [0, 0.1) is 0 Å². The van der Waals surface area contributed by atoms with Crippen molar-refractivity contribution in [2.75, 3.05) is 6.26 Å². The van der Waals surface area contributed by atoms with Crippen molar-refractivity contribution in [3.8, 4) is 0 Å². The molecule has 1 saturated carbocycles. The molecule has 1 aliphatic rings. The molecule has 1 fully saturated rings. The van der Waals surface area contributed by atoms with Crippen LogP contribution in [-0.4, -0.2) is 25.5 Å². The maximum Gasteiger partial charge on any atom is 0.124 e. The van der Waals surface area contributed by atoms with Gasteiger partial charge in [0.05, 0.1) is 17.6 Å². The van der Waals surface area contributed by atoms with Gasteiger partial charge in [-0.25, -0.2) is 4.98 Å². The van der Waals surface area contributed by atoms with Crippen LogP contribution in [0.25, 0.3) is 11.0 Å². The van der Waals surface area contributed by atoms with Gasteiger partial charge in [0.25, 0.3) is 0 Å². The normalized spacial score (nSPS) is 18.5. The van der Waals surface area contributed by atoms with Crippen LogP contribution in [0.2, 0.25) is 0 Å². The molecule has 3 rings (SSSR count). The SMILES string of the molecule is CSC1(Cn2c(CCl)nc3cnccc32)CCCCC1. The number of hydrogen-bond donors (Lipinski definition) is 0. The van der Waals surface area contributed by atoms with E-state index in [-0.39, 0.29) is 0 Å². The molecule has 108 valence electrons. The smallest absolute Gasteiger partial charge is 0.124 e. The topological polar surface area (TPSA) is 30.7 Å². The van der Waals surface area contributed by atoms with Gasteiger partial charge in [0.2, 0.25) is 0 Å². The number of imidazole rings is 1. The highest BCUT2D eigenvalue weighted by atomic mass is 35.5. The van der Waals surface area contributed by atoms with E-state index in [2.05, 4.69) is 26.9 Å². The second-order valence-electron chi connectivity index (χ2n) is 5.56. The van der Waals surface area contributed by atoms with E-state index in [1.165, 1.54) is 32.1 Å². The summed E-state index contributed by atoms with van der Waals surface area (Å²) >= 11 is 8.11. The maximum absolute atomic E-state index is 6.10. The standard InChI is InChI=1S/C15H20ClN3S/c1-20-15(6-3-2-4-7-15)11-19-13-5-8-17-10-12(13)18-14(19)9-16/h5,8,10H,2-4,6-7,9,11H2,1H3. The Balaban J connectivity index is 2.00. The fraction of sp³-hybridized carbons (Fsp3) is 0.600. The molecule has 3 nitrogen and oxygen atoms in total. The molecule has 0 spiro atoms. The summed E-state index contributed by atoms with van der Waals surface area (Å²) in [4.78, 5) is 8.78.